The van der Waals surface area contributed by atoms with Crippen molar-refractivity contribution in [2.75, 3.05) is 13.1 Å². The Labute approximate surface area is 92.0 Å². The van der Waals surface area contributed by atoms with E-state index in [2.05, 4.69) is 5.32 Å². The van der Waals surface area contributed by atoms with Crippen LogP contribution in [0.4, 0.5) is 18.0 Å². The zero-order valence-corrected chi connectivity index (χ0v) is 8.89. The molecular formula is C10H15F3N2O. The Bertz CT molecular complexity index is 268. The Kier molecular flexibility index (Phi) is 2.99. The van der Waals surface area contributed by atoms with Gasteiger partial charge in [-0.05, 0) is 25.7 Å². The number of alkyl halides is 3. The molecule has 16 heavy (non-hydrogen) atoms. The average molecular weight is 236 g/mol. The second kappa shape index (κ2) is 4.14. The molecule has 2 fully saturated rings. The molecule has 0 bridgehead atoms. The van der Waals surface area contributed by atoms with Gasteiger partial charge in [-0.1, -0.05) is 0 Å². The van der Waals surface area contributed by atoms with E-state index in [9.17, 15) is 18.0 Å². The first-order valence-electron chi connectivity index (χ1n) is 5.59. The summed E-state index contributed by atoms with van der Waals surface area (Å²) in [4.78, 5) is 13.0. The number of urea groups is 1. The van der Waals surface area contributed by atoms with Crippen LogP contribution in [-0.2, 0) is 0 Å². The van der Waals surface area contributed by atoms with Crippen LogP contribution in [0.2, 0.25) is 0 Å². The van der Waals surface area contributed by atoms with Gasteiger partial charge in [-0.25, -0.2) is 4.79 Å². The van der Waals surface area contributed by atoms with Crippen molar-refractivity contribution in [2.45, 2.75) is 37.9 Å². The highest BCUT2D eigenvalue weighted by Crippen LogP contribution is 2.34. The van der Waals surface area contributed by atoms with Gasteiger partial charge in [0.15, 0.2) is 0 Å². The number of amides is 2. The van der Waals surface area contributed by atoms with E-state index >= 15 is 0 Å². The summed E-state index contributed by atoms with van der Waals surface area (Å²) >= 11 is 0. The van der Waals surface area contributed by atoms with Crippen LogP contribution in [-0.4, -0.2) is 36.2 Å². The summed E-state index contributed by atoms with van der Waals surface area (Å²) in [6.45, 7) is 0.422. The predicted molar refractivity (Wildman–Crippen MR) is 51.9 cm³/mol. The predicted octanol–water partition coefficient (Wildman–Crippen LogP) is 2.13. The fourth-order valence-electron chi connectivity index (χ4n) is 1.90. The summed E-state index contributed by atoms with van der Waals surface area (Å²) in [7, 11) is 0. The van der Waals surface area contributed by atoms with Crippen molar-refractivity contribution in [3.8, 4) is 0 Å². The van der Waals surface area contributed by atoms with Gasteiger partial charge in [-0.3, -0.25) is 0 Å². The topological polar surface area (TPSA) is 32.3 Å². The van der Waals surface area contributed by atoms with Gasteiger partial charge in [0.05, 0.1) is 5.92 Å². The molecule has 1 aliphatic heterocycles. The first-order valence-corrected chi connectivity index (χ1v) is 5.59. The number of hydrogen-bond acceptors (Lipinski definition) is 1. The summed E-state index contributed by atoms with van der Waals surface area (Å²) < 4.78 is 37.1. The summed E-state index contributed by atoms with van der Waals surface area (Å²) in [5.74, 6) is -1.24. The molecule has 92 valence electrons. The van der Waals surface area contributed by atoms with Crippen molar-refractivity contribution in [1.82, 2.24) is 10.2 Å². The first-order chi connectivity index (χ1) is 7.47. The Balaban J connectivity index is 1.77. The zero-order chi connectivity index (χ0) is 11.8. The van der Waals surface area contributed by atoms with E-state index in [1.165, 1.54) is 4.90 Å². The molecule has 1 saturated heterocycles. The van der Waals surface area contributed by atoms with Crippen molar-refractivity contribution in [2.24, 2.45) is 5.92 Å². The molecule has 2 amide bonds. The molecule has 1 heterocycles. The van der Waals surface area contributed by atoms with E-state index in [4.69, 9.17) is 0 Å². The highest BCUT2D eigenvalue weighted by Gasteiger charge is 2.42. The normalized spacial score (nSPS) is 23.3. The highest BCUT2D eigenvalue weighted by molar-refractivity contribution is 5.74. The summed E-state index contributed by atoms with van der Waals surface area (Å²) in [5.41, 5.74) is 0. The number of nitrogens with one attached hydrogen (secondary N) is 1. The molecule has 3 nitrogen and oxygen atoms in total. The lowest BCUT2D eigenvalue weighted by molar-refractivity contribution is -0.183. The van der Waals surface area contributed by atoms with Crippen LogP contribution in [0.3, 0.4) is 0 Å². The summed E-state index contributed by atoms with van der Waals surface area (Å²) in [5, 5.41) is 2.78. The number of rotatable bonds is 1. The molecule has 0 aromatic rings. The Morgan fingerprint density at radius 2 is 1.69 bits per heavy atom. The lowest BCUT2D eigenvalue weighted by atomic mass is 9.96. The second-order valence-electron chi connectivity index (χ2n) is 4.53. The molecule has 1 saturated carbocycles. The van der Waals surface area contributed by atoms with Gasteiger partial charge in [0.2, 0.25) is 0 Å². The SMILES string of the molecule is O=C(NC1CC1)N1CCC(C(F)(F)F)CC1. The molecular weight excluding hydrogens is 221 g/mol. The van der Waals surface area contributed by atoms with Crippen LogP contribution in [0.15, 0.2) is 0 Å². The number of hydrogen-bond donors (Lipinski definition) is 1. The van der Waals surface area contributed by atoms with Gasteiger partial charge < -0.3 is 10.2 Å². The number of piperidine rings is 1. The number of nitrogens with zero attached hydrogens (tertiary/aromatic N) is 1. The molecule has 0 atom stereocenters. The minimum absolute atomic E-state index is 0.0294. The lowest BCUT2D eigenvalue weighted by Gasteiger charge is -2.32. The second-order valence-corrected chi connectivity index (χ2v) is 4.53. The third-order valence-electron chi connectivity index (χ3n) is 3.15. The van der Waals surface area contributed by atoms with Crippen LogP contribution < -0.4 is 5.32 Å². The third kappa shape index (κ3) is 2.80. The Morgan fingerprint density at radius 3 is 2.12 bits per heavy atom. The van der Waals surface area contributed by atoms with E-state index in [-0.39, 0.29) is 38.0 Å². The van der Waals surface area contributed by atoms with Crippen LogP contribution in [0.25, 0.3) is 0 Å². The number of carbonyl (C=O) groups is 1. The van der Waals surface area contributed by atoms with Gasteiger partial charge in [0.25, 0.3) is 0 Å². The summed E-state index contributed by atoms with van der Waals surface area (Å²) in [6, 6.07) is 0.0518. The first kappa shape index (κ1) is 11.5. The van der Waals surface area contributed by atoms with Gasteiger partial charge in [-0.2, -0.15) is 13.2 Å². The van der Waals surface area contributed by atoms with Gasteiger partial charge >= 0.3 is 12.2 Å². The largest absolute Gasteiger partial charge is 0.391 e. The smallest absolute Gasteiger partial charge is 0.335 e. The fraction of sp³-hybridized carbons (Fsp3) is 0.900. The minimum atomic E-state index is -4.11. The monoisotopic (exact) mass is 236 g/mol. The van der Waals surface area contributed by atoms with Crippen LogP contribution in [0.5, 0.6) is 0 Å². The van der Waals surface area contributed by atoms with Crippen molar-refractivity contribution in [3.05, 3.63) is 0 Å². The summed E-state index contributed by atoms with van der Waals surface area (Å²) in [6.07, 6.45) is -2.07. The fourth-order valence-corrected chi connectivity index (χ4v) is 1.90. The maximum atomic E-state index is 12.4. The number of carbonyl (C=O) groups excluding carboxylic acids is 1. The number of halogens is 3. The Hall–Kier alpha value is -0.940. The average Bonchev–Trinajstić information content (AvgIpc) is 3.00. The third-order valence-corrected chi connectivity index (χ3v) is 3.15. The van der Waals surface area contributed by atoms with Crippen LogP contribution in [0, 0.1) is 5.92 Å². The molecule has 2 rings (SSSR count). The van der Waals surface area contributed by atoms with Gasteiger partial charge in [-0.15, -0.1) is 0 Å². The lowest BCUT2D eigenvalue weighted by Crippen LogP contribution is -2.47. The zero-order valence-electron chi connectivity index (χ0n) is 8.89. The van der Waals surface area contributed by atoms with E-state index in [0.717, 1.165) is 12.8 Å². The van der Waals surface area contributed by atoms with Crippen LogP contribution >= 0.6 is 0 Å². The molecule has 1 aliphatic carbocycles. The molecule has 0 unspecified atom stereocenters. The van der Waals surface area contributed by atoms with E-state index < -0.39 is 12.1 Å². The quantitative estimate of drug-likeness (QED) is 0.743. The van der Waals surface area contributed by atoms with E-state index in [0.29, 0.717) is 0 Å². The van der Waals surface area contributed by atoms with Crippen molar-refractivity contribution in [3.63, 3.8) is 0 Å². The van der Waals surface area contributed by atoms with Gasteiger partial charge in [0.1, 0.15) is 0 Å². The Morgan fingerprint density at radius 1 is 1.12 bits per heavy atom. The van der Waals surface area contributed by atoms with Crippen LogP contribution in [0.1, 0.15) is 25.7 Å². The van der Waals surface area contributed by atoms with E-state index in [1.807, 2.05) is 0 Å². The molecule has 2 aliphatic rings. The minimum Gasteiger partial charge on any atom is -0.335 e. The van der Waals surface area contributed by atoms with Gasteiger partial charge in [0, 0.05) is 19.1 Å². The standard InChI is InChI=1S/C10H15F3N2O/c11-10(12,13)7-3-5-15(6-4-7)9(16)14-8-1-2-8/h7-8H,1-6H2,(H,14,16). The molecule has 0 radical (unpaired) electrons. The molecule has 0 aromatic heterocycles. The van der Waals surface area contributed by atoms with Crippen molar-refractivity contribution in [1.29, 1.82) is 0 Å². The molecule has 0 aromatic carbocycles. The number of likely N-dealkylation sites (tertiary alicyclic amines) is 1. The maximum Gasteiger partial charge on any atom is 0.391 e. The molecule has 1 N–H and O–H groups in total. The van der Waals surface area contributed by atoms with Crippen molar-refractivity contribution < 1.29 is 18.0 Å². The molecule has 6 heteroatoms. The van der Waals surface area contributed by atoms with E-state index in [1.54, 1.807) is 0 Å². The molecule has 0 spiro atoms. The highest BCUT2D eigenvalue weighted by atomic mass is 19.4. The maximum absolute atomic E-state index is 12.4. The van der Waals surface area contributed by atoms with Crippen molar-refractivity contribution >= 4 is 6.03 Å².